The van der Waals surface area contributed by atoms with Crippen molar-refractivity contribution in [3.63, 3.8) is 0 Å². The summed E-state index contributed by atoms with van der Waals surface area (Å²) in [5.74, 6) is -0.673. The molecule has 1 saturated carbocycles. The number of carbonyl (C=O) groups excluding carboxylic acids is 3. The lowest BCUT2D eigenvalue weighted by atomic mass is 9.46. The van der Waals surface area contributed by atoms with E-state index in [1.165, 1.54) is 21.1 Å². The Morgan fingerprint density at radius 3 is 2.41 bits per heavy atom. The van der Waals surface area contributed by atoms with Gasteiger partial charge in [0.05, 0.1) is 14.2 Å². The second-order valence-electron chi connectivity index (χ2n) is 8.38. The molecule has 2 aliphatic rings. The van der Waals surface area contributed by atoms with Crippen molar-refractivity contribution >= 4 is 17.9 Å². The quantitative estimate of drug-likeness (QED) is 0.537. The number of hydrogen-bond donors (Lipinski definition) is 0. The molecule has 2 aliphatic carbocycles. The van der Waals surface area contributed by atoms with Crippen molar-refractivity contribution < 1.29 is 28.6 Å². The number of fused-ring (bicyclic) bond motifs is 1. The van der Waals surface area contributed by atoms with Gasteiger partial charge in [-0.15, -0.1) is 0 Å². The maximum Gasteiger partial charge on any atom is 0.333 e. The number of allylic oxidation sites excluding steroid dienone is 1. The number of rotatable bonds is 5. The summed E-state index contributed by atoms with van der Waals surface area (Å²) in [6.45, 7) is 7.71. The van der Waals surface area contributed by atoms with Crippen LogP contribution in [0.5, 0.6) is 0 Å². The minimum Gasteiger partial charge on any atom is -0.469 e. The van der Waals surface area contributed by atoms with E-state index >= 15 is 0 Å². The van der Waals surface area contributed by atoms with Gasteiger partial charge in [-0.1, -0.05) is 26.8 Å². The monoisotopic (exact) mass is 380 g/mol. The molecule has 0 radical (unpaired) electrons. The zero-order valence-electron chi connectivity index (χ0n) is 17.3. The first kappa shape index (κ1) is 21.5. The second-order valence-corrected chi connectivity index (χ2v) is 8.38. The Kier molecular flexibility index (Phi) is 6.38. The topological polar surface area (TPSA) is 78.9 Å². The Balaban J connectivity index is 2.48. The van der Waals surface area contributed by atoms with Crippen LogP contribution in [0.4, 0.5) is 0 Å². The highest BCUT2D eigenvalue weighted by molar-refractivity contribution is 5.90. The average molecular weight is 380 g/mol. The second kappa shape index (κ2) is 8.03. The molecule has 152 valence electrons. The van der Waals surface area contributed by atoms with E-state index in [-0.39, 0.29) is 41.3 Å². The fourth-order valence-corrected chi connectivity index (χ4v) is 5.44. The Bertz CT molecular complexity index is 639. The smallest absolute Gasteiger partial charge is 0.333 e. The van der Waals surface area contributed by atoms with Crippen molar-refractivity contribution in [1.82, 2.24) is 0 Å². The van der Waals surface area contributed by atoms with E-state index in [2.05, 4.69) is 20.8 Å². The highest BCUT2D eigenvalue weighted by Gasteiger charge is 2.59. The highest BCUT2D eigenvalue weighted by Crippen LogP contribution is 2.62. The molecular weight excluding hydrogens is 348 g/mol. The summed E-state index contributed by atoms with van der Waals surface area (Å²) in [6.07, 6.45) is 4.85. The van der Waals surface area contributed by atoms with Gasteiger partial charge in [-0.25, -0.2) is 4.79 Å². The first-order valence-electron chi connectivity index (χ1n) is 9.63. The van der Waals surface area contributed by atoms with Gasteiger partial charge in [0.2, 0.25) is 0 Å². The van der Waals surface area contributed by atoms with Crippen LogP contribution in [0, 0.1) is 22.7 Å². The van der Waals surface area contributed by atoms with E-state index in [0.717, 1.165) is 12.8 Å². The van der Waals surface area contributed by atoms with E-state index in [4.69, 9.17) is 14.2 Å². The number of ether oxygens (including phenoxy) is 3. The lowest BCUT2D eigenvalue weighted by Crippen LogP contribution is -2.57. The van der Waals surface area contributed by atoms with Gasteiger partial charge in [0.25, 0.3) is 0 Å². The van der Waals surface area contributed by atoms with Gasteiger partial charge >= 0.3 is 17.9 Å². The van der Waals surface area contributed by atoms with Crippen molar-refractivity contribution in [1.29, 1.82) is 0 Å². The van der Waals surface area contributed by atoms with Gasteiger partial charge in [-0.3, -0.25) is 9.59 Å². The minimum absolute atomic E-state index is 0.0566. The molecule has 2 rings (SSSR count). The van der Waals surface area contributed by atoms with Crippen molar-refractivity contribution in [2.24, 2.45) is 22.7 Å². The predicted molar refractivity (Wildman–Crippen MR) is 99.6 cm³/mol. The molecule has 0 aromatic carbocycles. The molecule has 0 saturated heterocycles. The Morgan fingerprint density at radius 1 is 1.19 bits per heavy atom. The number of hydrogen-bond acceptors (Lipinski definition) is 6. The fraction of sp³-hybridized carbons (Fsp3) is 0.762. The van der Waals surface area contributed by atoms with E-state index in [1.807, 2.05) is 6.08 Å². The van der Waals surface area contributed by atoms with Crippen LogP contribution in [-0.2, 0) is 28.6 Å². The van der Waals surface area contributed by atoms with Crippen LogP contribution in [0.1, 0.15) is 59.8 Å². The zero-order valence-corrected chi connectivity index (χ0v) is 17.3. The van der Waals surface area contributed by atoms with Gasteiger partial charge in [0.15, 0.2) is 0 Å². The first-order chi connectivity index (χ1) is 12.6. The van der Waals surface area contributed by atoms with Crippen molar-refractivity contribution in [2.75, 3.05) is 14.2 Å². The average Bonchev–Trinajstić information content (AvgIpc) is 2.62. The largest absolute Gasteiger partial charge is 0.469 e. The number of methoxy groups -OCH3 is 2. The molecule has 6 nitrogen and oxygen atoms in total. The highest BCUT2D eigenvalue weighted by atomic mass is 16.5. The molecule has 5 atom stereocenters. The normalized spacial score (nSPS) is 35.5. The summed E-state index contributed by atoms with van der Waals surface area (Å²) in [5, 5.41) is 0. The number of esters is 3. The molecule has 0 aromatic heterocycles. The Labute approximate surface area is 161 Å². The van der Waals surface area contributed by atoms with Gasteiger partial charge in [-0.05, 0) is 42.9 Å². The summed E-state index contributed by atoms with van der Waals surface area (Å²) in [6, 6.07) is 0. The maximum absolute atomic E-state index is 12.5. The molecule has 0 N–H and O–H groups in total. The van der Waals surface area contributed by atoms with E-state index in [1.54, 1.807) is 0 Å². The van der Waals surface area contributed by atoms with Crippen molar-refractivity contribution in [2.45, 2.75) is 65.9 Å². The van der Waals surface area contributed by atoms with E-state index in [9.17, 15) is 14.4 Å². The molecule has 0 heterocycles. The molecule has 6 heteroatoms. The molecule has 0 bridgehead atoms. The van der Waals surface area contributed by atoms with E-state index in [0.29, 0.717) is 24.8 Å². The minimum atomic E-state index is -0.469. The van der Waals surface area contributed by atoms with Crippen LogP contribution in [0.3, 0.4) is 0 Å². The summed E-state index contributed by atoms with van der Waals surface area (Å²) >= 11 is 0. The van der Waals surface area contributed by atoms with Crippen LogP contribution in [0.25, 0.3) is 0 Å². The van der Waals surface area contributed by atoms with Gasteiger partial charge in [-0.2, -0.15) is 0 Å². The summed E-state index contributed by atoms with van der Waals surface area (Å²) in [5.41, 5.74) is -0.0906. The van der Waals surface area contributed by atoms with Crippen LogP contribution in [-0.4, -0.2) is 38.2 Å². The van der Waals surface area contributed by atoms with Gasteiger partial charge < -0.3 is 14.2 Å². The molecular formula is C21H32O6. The summed E-state index contributed by atoms with van der Waals surface area (Å²) in [7, 11) is 2.78. The van der Waals surface area contributed by atoms with E-state index < -0.39 is 5.41 Å². The molecule has 1 fully saturated rings. The SMILES string of the molecule is COC(=O)CCC1(C)C(C)C(OC(C)=O)CC2(C)C(C(=O)OC)=CCCC21. The molecule has 0 aromatic rings. The van der Waals surface area contributed by atoms with Crippen LogP contribution >= 0.6 is 0 Å². The molecule has 0 aliphatic heterocycles. The fourth-order valence-electron chi connectivity index (χ4n) is 5.44. The Hall–Kier alpha value is -1.85. The maximum atomic E-state index is 12.5. The Morgan fingerprint density at radius 2 is 1.85 bits per heavy atom. The zero-order chi connectivity index (χ0) is 20.4. The van der Waals surface area contributed by atoms with Gasteiger partial charge in [0.1, 0.15) is 6.10 Å². The van der Waals surface area contributed by atoms with Crippen LogP contribution in [0.15, 0.2) is 11.6 Å². The molecule has 0 amide bonds. The third-order valence-corrected chi connectivity index (χ3v) is 7.03. The van der Waals surface area contributed by atoms with Crippen LogP contribution in [0.2, 0.25) is 0 Å². The lowest BCUT2D eigenvalue weighted by Gasteiger charge is -2.59. The van der Waals surface area contributed by atoms with Crippen molar-refractivity contribution in [3.05, 3.63) is 11.6 Å². The molecule has 0 spiro atoms. The third kappa shape index (κ3) is 3.90. The summed E-state index contributed by atoms with van der Waals surface area (Å²) < 4.78 is 15.6. The van der Waals surface area contributed by atoms with Gasteiger partial charge in [0, 0.05) is 24.3 Å². The number of carbonyl (C=O) groups is 3. The summed E-state index contributed by atoms with van der Waals surface area (Å²) in [4.78, 5) is 36.0. The third-order valence-electron chi connectivity index (χ3n) is 7.03. The lowest BCUT2D eigenvalue weighted by molar-refractivity contribution is -0.173. The first-order valence-corrected chi connectivity index (χ1v) is 9.63. The molecule has 5 unspecified atom stereocenters. The molecule has 27 heavy (non-hydrogen) atoms. The van der Waals surface area contributed by atoms with Crippen LogP contribution < -0.4 is 0 Å². The predicted octanol–water partition coefficient (Wildman–Crippen LogP) is 3.43. The van der Waals surface area contributed by atoms with Crippen molar-refractivity contribution in [3.8, 4) is 0 Å². The standard InChI is InChI=1S/C21H32O6/c1-13-16(27-14(2)22)12-21(4)15(19(24)26-6)8-7-9-17(21)20(13,3)11-10-18(23)25-5/h8,13,16-17H,7,9-12H2,1-6H3.